The van der Waals surface area contributed by atoms with Crippen LogP contribution in [-0.4, -0.2) is 19.5 Å². The quantitative estimate of drug-likeness (QED) is 0.778. The molecule has 4 N–H and O–H groups in total. The Hall–Kier alpha value is -1.90. The molecule has 0 fully saturated rings. The number of hydrogen-bond donors (Lipinski definition) is 3. The maximum Gasteiger partial charge on any atom is 0.337 e. The minimum Gasteiger partial charge on any atom is -0.478 e. The summed E-state index contributed by atoms with van der Waals surface area (Å²) in [5.41, 5.74) is 2.40. The van der Waals surface area contributed by atoms with Gasteiger partial charge in [-0.2, -0.15) is 11.3 Å². The number of carbonyl (C=O) groups is 1. The SMILES string of the molecule is Cc1cscc1CNc1ccc(S(N)(=O)=O)cc1C(=O)O. The second-order valence-corrected chi connectivity index (χ2v) is 6.80. The van der Waals surface area contributed by atoms with Crippen LogP contribution in [0.4, 0.5) is 5.69 Å². The van der Waals surface area contributed by atoms with Gasteiger partial charge >= 0.3 is 5.97 Å². The monoisotopic (exact) mass is 326 g/mol. The van der Waals surface area contributed by atoms with Gasteiger partial charge in [-0.05, 0) is 47.0 Å². The lowest BCUT2D eigenvalue weighted by Crippen LogP contribution is -2.14. The number of primary sulfonamides is 1. The number of anilines is 1. The molecule has 0 saturated heterocycles. The van der Waals surface area contributed by atoms with Crippen molar-refractivity contribution in [3.8, 4) is 0 Å². The molecule has 6 nitrogen and oxygen atoms in total. The number of carboxylic acids is 1. The van der Waals surface area contributed by atoms with Crippen molar-refractivity contribution in [2.24, 2.45) is 5.14 Å². The number of benzene rings is 1. The molecule has 0 spiro atoms. The van der Waals surface area contributed by atoms with Gasteiger partial charge in [-0.25, -0.2) is 18.4 Å². The van der Waals surface area contributed by atoms with Gasteiger partial charge in [0.2, 0.25) is 10.0 Å². The molecule has 0 saturated carbocycles. The smallest absolute Gasteiger partial charge is 0.337 e. The predicted octanol–water partition coefficient (Wildman–Crippen LogP) is 2.01. The molecule has 0 aliphatic carbocycles. The van der Waals surface area contributed by atoms with Crippen molar-refractivity contribution in [1.82, 2.24) is 0 Å². The zero-order valence-electron chi connectivity index (χ0n) is 11.2. The molecule has 1 heterocycles. The first-order chi connectivity index (χ1) is 9.79. The first-order valence-corrected chi connectivity index (χ1v) is 8.43. The lowest BCUT2D eigenvalue weighted by molar-refractivity contribution is 0.0697. The summed E-state index contributed by atoms with van der Waals surface area (Å²) in [5, 5.41) is 21.2. The van der Waals surface area contributed by atoms with Crippen LogP contribution < -0.4 is 10.5 Å². The molecular formula is C13H14N2O4S2. The van der Waals surface area contributed by atoms with Gasteiger partial charge in [-0.3, -0.25) is 0 Å². The summed E-state index contributed by atoms with van der Waals surface area (Å²) >= 11 is 1.57. The van der Waals surface area contributed by atoms with Gasteiger partial charge in [0.15, 0.2) is 0 Å². The third kappa shape index (κ3) is 3.60. The molecule has 0 unspecified atom stereocenters. The highest BCUT2D eigenvalue weighted by Gasteiger charge is 2.16. The second-order valence-electron chi connectivity index (χ2n) is 4.49. The molecule has 0 aliphatic rings. The van der Waals surface area contributed by atoms with E-state index in [1.807, 2.05) is 17.7 Å². The van der Waals surface area contributed by atoms with E-state index in [1.165, 1.54) is 12.1 Å². The van der Waals surface area contributed by atoms with Crippen LogP contribution in [-0.2, 0) is 16.6 Å². The lowest BCUT2D eigenvalue weighted by atomic mass is 10.1. The van der Waals surface area contributed by atoms with Crippen molar-refractivity contribution in [3.05, 3.63) is 45.6 Å². The Kier molecular flexibility index (Phi) is 4.31. The minimum atomic E-state index is -3.93. The van der Waals surface area contributed by atoms with Gasteiger partial charge in [0.25, 0.3) is 0 Å². The molecule has 2 rings (SSSR count). The number of carboxylic acid groups (broad SMARTS) is 1. The van der Waals surface area contributed by atoms with Crippen LogP contribution >= 0.6 is 11.3 Å². The van der Waals surface area contributed by atoms with Gasteiger partial charge in [-0.15, -0.1) is 0 Å². The largest absolute Gasteiger partial charge is 0.478 e. The van der Waals surface area contributed by atoms with Crippen molar-refractivity contribution < 1.29 is 18.3 Å². The Labute approximate surface area is 126 Å². The molecule has 0 radical (unpaired) electrons. The van der Waals surface area contributed by atoms with Gasteiger partial charge in [0.05, 0.1) is 10.5 Å². The van der Waals surface area contributed by atoms with E-state index in [9.17, 15) is 18.3 Å². The summed E-state index contributed by atoms with van der Waals surface area (Å²) in [6.07, 6.45) is 0. The van der Waals surface area contributed by atoms with Crippen molar-refractivity contribution in [2.75, 3.05) is 5.32 Å². The van der Waals surface area contributed by atoms with Crippen LogP contribution in [0.25, 0.3) is 0 Å². The van der Waals surface area contributed by atoms with Crippen LogP contribution in [0.5, 0.6) is 0 Å². The standard InChI is InChI=1S/C13H14N2O4S2/c1-8-6-20-7-9(8)5-15-12-3-2-10(21(14,18)19)4-11(12)13(16)17/h2-4,6-7,15H,5H2,1H3,(H,16,17)(H2,14,18,19). The summed E-state index contributed by atoms with van der Waals surface area (Å²) < 4.78 is 22.5. The average Bonchev–Trinajstić information content (AvgIpc) is 2.80. The zero-order chi connectivity index (χ0) is 15.6. The van der Waals surface area contributed by atoms with Crippen LogP contribution in [0.3, 0.4) is 0 Å². The maximum atomic E-state index is 11.3. The van der Waals surface area contributed by atoms with Gasteiger partial charge in [0, 0.05) is 12.2 Å². The van der Waals surface area contributed by atoms with Crippen molar-refractivity contribution >= 4 is 33.0 Å². The Morgan fingerprint density at radius 1 is 1.38 bits per heavy atom. The molecule has 21 heavy (non-hydrogen) atoms. The summed E-state index contributed by atoms with van der Waals surface area (Å²) in [5.74, 6) is -1.22. The number of hydrogen-bond acceptors (Lipinski definition) is 5. The number of thiophene rings is 1. The van der Waals surface area contributed by atoms with E-state index < -0.39 is 16.0 Å². The van der Waals surface area contributed by atoms with E-state index in [-0.39, 0.29) is 10.5 Å². The van der Waals surface area contributed by atoms with Gasteiger partial charge in [-0.1, -0.05) is 0 Å². The van der Waals surface area contributed by atoms with Crippen molar-refractivity contribution in [2.45, 2.75) is 18.4 Å². The van der Waals surface area contributed by atoms with Crippen molar-refractivity contribution in [1.29, 1.82) is 0 Å². The lowest BCUT2D eigenvalue weighted by Gasteiger charge is -2.11. The summed E-state index contributed by atoms with van der Waals surface area (Å²) in [6, 6.07) is 3.75. The van der Waals surface area contributed by atoms with Gasteiger partial charge in [0.1, 0.15) is 0 Å². The predicted molar refractivity (Wildman–Crippen MR) is 81.2 cm³/mol. The minimum absolute atomic E-state index is 0.130. The number of rotatable bonds is 5. The third-order valence-corrected chi connectivity index (χ3v) is 4.80. The van der Waals surface area contributed by atoms with E-state index in [0.29, 0.717) is 12.2 Å². The average molecular weight is 326 g/mol. The Bertz CT molecular complexity index is 781. The molecule has 0 amide bonds. The number of aromatic carboxylic acids is 1. The van der Waals surface area contributed by atoms with Crippen LogP contribution in [0.15, 0.2) is 33.9 Å². The van der Waals surface area contributed by atoms with Crippen LogP contribution in [0, 0.1) is 6.92 Å². The van der Waals surface area contributed by atoms with Crippen LogP contribution in [0.2, 0.25) is 0 Å². The van der Waals surface area contributed by atoms with E-state index in [1.54, 1.807) is 11.3 Å². The number of aryl methyl sites for hydroxylation is 1. The third-order valence-electron chi connectivity index (χ3n) is 2.98. The maximum absolute atomic E-state index is 11.3. The summed E-state index contributed by atoms with van der Waals surface area (Å²) in [7, 11) is -3.93. The summed E-state index contributed by atoms with van der Waals surface area (Å²) in [4.78, 5) is 11.0. The summed E-state index contributed by atoms with van der Waals surface area (Å²) in [6.45, 7) is 2.43. The first kappa shape index (κ1) is 15.5. The molecule has 8 heteroatoms. The Morgan fingerprint density at radius 2 is 2.10 bits per heavy atom. The Balaban J connectivity index is 2.31. The van der Waals surface area contributed by atoms with Crippen LogP contribution in [0.1, 0.15) is 21.5 Å². The molecular weight excluding hydrogens is 312 g/mol. The molecule has 0 atom stereocenters. The number of sulfonamides is 1. The highest BCUT2D eigenvalue weighted by atomic mass is 32.2. The highest BCUT2D eigenvalue weighted by Crippen LogP contribution is 2.22. The zero-order valence-corrected chi connectivity index (χ0v) is 12.8. The molecule has 0 bridgehead atoms. The highest BCUT2D eigenvalue weighted by molar-refractivity contribution is 7.89. The molecule has 0 aliphatic heterocycles. The fourth-order valence-corrected chi connectivity index (χ4v) is 3.19. The molecule has 1 aromatic heterocycles. The van der Waals surface area contributed by atoms with Crippen molar-refractivity contribution in [3.63, 3.8) is 0 Å². The van der Waals surface area contributed by atoms with E-state index in [0.717, 1.165) is 17.2 Å². The van der Waals surface area contributed by atoms with E-state index in [4.69, 9.17) is 5.14 Å². The molecule has 2 aromatic rings. The normalized spacial score (nSPS) is 11.3. The number of nitrogens with two attached hydrogens (primary N) is 1. The first-order valence-electron chi connectivity index (χ1n) is 5.94. The number of nitrogens with one attached hydrogen (secondary N) is 1. The van der Waals surface area contributed by atoms with Gasteiger partial charge < -0.3 is 10.4 Å². The second kappa shape index (κ2) is 5.84. The Morgan fingerprint density at radius 3 is 2.62 bits per heavy atom. The fraction of sp³-hybridized carbons (Fsp3) is 0.154. The topological polar surface area (TPSA) is 109 Å². The molecule has 1 aromatic carbocycles. The van der Waals surface area contributed by atoms with E-state index >= 15 is 0 Å². The molecule has 112 valence electrons. The van der Waals surface area contributed by atoms with E-state index in [2.05, 4.69) is 5.32 Å². The fourth-order valence-electron chi connectivity index (χ4n) is 1.79.